The predicted octanol–water partition coefficient (Wildman–Crippen LogP) is 3.24. The lowest BCUT2D eigenvalue weighted by atomic mass is 9.88. The van der Waals surface area contributed by atoms with Crippen molar-refractivity contribution in [1.29, 1.82) is 0 Å². The summed E-state index contributed by atoms with van der Waals surface area (Å²) >= 11 is 0. The van der Waals surface area contributed by atoms with Crippen LogP contribution in [0.1, 0.15) is 76.5 Å². The van der Waals surface area contributed by atoms with Crippen LogP contribution in [-0.2, 0) is 4.74 Å². The van der Waals surface area contributed by atoms with Gasteiger partial charge in [-0.25, -0.2) is 4.98 Å². The molecule has 0 saturated heterocycles. The Balaban J connectivity index is 2.26. The third-order valence-electron chi connectivity index (χ3n) is 3.86. The number of anilines is 1. The highest BCUT2D eigenvalue weighted by Gasteiger charge is 2.24. The van der Waals surface area contributed by atoms with Gasteiger partial charge >= 0.3 is 0 Å². The SMILES string of the molecule is CCOC(c1nc(N)nc(C2CCCCC2)n1)C(C)C. The van der Waals surface area contributed by atoms with Gasteiger partial charge in [-0.3, -0.25) is 0 Å². The van der Waals surface area contributed by atoms with E-state index < -0.39 is 0 Å². The Bertz CT molecular complexity index is 430. The zero-order valence-electron chi connectivity index (χ0n) is 12.8. The summed E-state index contributed by atoms with van der Waals surface area (Å²) in [6.07, 6.45) is 6.04. The van der Waals surface area contributed by atoms with Gasteiger partial charge in [0.25, 0.3) is 0 Å². The van der Waals surface area contributed by atoms with Crippen molar-refractivity contribution in [2.24, 2.45) is 5.92 Å². The molecule has 1 aliphatic carbocycles. The zero-order chi connectivity index (χ0) is 14.5. The second kappa shape index (κ2) is 6.97. The Morgan fingerprint density at radius 1 is 1.15 bits per heavy atom. The number of hydrogen-bond donors (Lipinski definition) is 1. The fourth-order valence-electron chi connectivity index (χ4n) is 2.84. The van der Waals surface area contributed by atoms with E-state index in [2.05, 4.69) is 28.8 Å². The molecule has 1 atom stereocenters. The number of ether oxygens (including phenoxy) is 1. The van der Waals surface area contributed by atoms with Crippen LogP contribution >= 0.6 is 0 Å². The topological polar surface area (TPSA) is 73.9 Å². The van der Waals surface area contributed by atoms with Crippen LogP contribution in [0.15, 0.2) is 0 Å². The largest absolute Gasteiger partial charge is 0.370 e. The van der Waals surface area contributed by atoms with Gasteiger partial charge in [-0.1, -0.05) is 33.1 Å². The summed E-state index contributed by atoms with van der Waals surface area (Å²) in [7, 11) is 0. The zero-order valence-corrected chi connectivity index (χ0v) is 12.8. The molecule has 0 aromatic carbocycles. The van der Waals surface area contributed by atoms with E-state index >= 15 is 0 Å². The predicted molar refractivity (Wildman–Crippen MR) is 79.3 cm³/mol. The maximum atomic E-state index is 5.88. The Kier molecular flexibility index (Phi) is 5.29. The van der Waals surface area contributed by atoms with Crippen molar-refractivity contribution in [3.05, 3.63) is 11.6 Å². The maximum Gasteiger partial charge on any atom is 0.223 e. The summed E-state index contributed by atoms with van der Waals surface area (Å²) in [5, 5.41) is 0. The van der Waals surface area contributed by atoms with Gasteiger partial charge < -0.3 is 10.5 Å². The second-order valence-electron chi connectivity index (χ2n) is 5.86. The number of nitrogens with two attached hydrogens (primary N) is 1. The summed E-state index contributed by atoms with van der Waals surface area (Å²) in [5.41, 5.74) is 5.88. The van der Waals surface area contributed by atoms with Crippen molar-refractivity contribution < 1.29 is 4.74 Å². The van der Waals surface area contributed by atoms with E-state index in [1.807, 2.05) is 6.92 Å². The first-order valence-electron chi connectivity index (χ1n) is 7.74. The first kappa shape index (κ1) is 15.2. The van der Waals surface area contributed by atoms with E-state index in [4.69, 9.17) is 10.5 Å². The normalized spacial score (nSPS) is 18.4. The number of rotatable bonds is 5. The van der Waals surface area contributed by atoms with Gasteiger partial charge in [0.1, 0.15) is 11.9 Å². The summed E-state index contributed by atoms with van der Waals surface area (Å²) in [6.45, 7) is 6.86. The minimum atomic E-state index is -0.104. The number of nitrogens with zero attached hydrogens (tertiary/aromatic N) is 3. The van der Waals surface area contributed by atoms with Crippen molar-refractivity contribution >= 4 is 5.95 Å². The second-order valence-corrected chi connectivity index (χ2v) is 5.86. The lowest BCUT2D eigenvalue weighted by Gasteiger charge is -2.23. The smallest absolute Gasteiger partial charge is 0.223 e. The summed E-state index contributed by atoms with van der Waals surface area (Å²) in [5.74, 6) is 2.62. The molecule has 2 N–H and O–H groups in total. The minimum absolute atomic E-state index is 0.104. The van der Waals surface area contributed by atoms with Crippen LogP contribution in [0.5, 0.6) is 0 Å². The lowest BCUT2D eigenvalue weighted by molar-refractivity contribution is 0.0229. The average molecular weight is 278 g/mol. The highest BCUT2D eigenvalue weighted by molar-refractivity contribution is 5.19. The monoisotopic (exact) mass is 278 g/mol. The van der Waals surface area contributed by atoms with Crippen LogP contribution in [0.2, 0.25) is 0 Å². The van der Waals surface area contributed by atoms with Crippen molar-refractivity contribution in [2.45, 2.75) is 64.9 Å². The lowest BCUT2D eigenvalue weighted by Crippen LogP contribution is -2.19. The van der Waals surface area contributed by atoms with Crippen LogP contribution in [0.3, 0.4) is 0 Å². The standard InChI is InChI=1S/C15H26N4O/c1-4-20-12(10(2)3)14-17-13(18-15(16)19-14)11-8-6-5-7-9-11/h10-12H,4-9H2,1-3H3,(H2,16,17,18,19). The highest BCUT2D eigenvalue weighted by Crippen LogP contribution is 2.32. The van der Waals surface area contributed by atoms with Crippen molar-refractivity contribution in [3.63, 3.8) is 0 Å². The minimum Gasteiger partial charge on any atom is -0.370 e. The highest BCUT2D eigenvalue weighted by atomic mass is 16.5. The van der Waals surface area contributed by atoms with Crippen molar-refractivity contribution in [1.82, 2.24) is 15.0 Å². The van der Waals surface area contributed by atoms with E-state index in [0.29, 0.717) is 30.2 Å². The van der Waals surface area contributed by atoms with E-state index in [1.54, 1.807) is 0 Å². The number of nitrogen functional groups attached to an aromatic ring is 1. The molecule has 1 aromatic rings. The quantitative estimate of drug-likeness (QED) is 0.895. The van der Waals surface area contributed by atoms with E-state index in [9.17, 15) is 0 Å². The summed E-state index contributed by atoms with van der Waals surface area (Å²) in [6, 6.07) is 0. The third kappa shape index (κ3) is 3.66. The van der Waals surface area contributed by atoms with E-state index in [1.165, 1.54) is 19.3 Å². The molecule has 0 spiro atoms. The van der Waals surface area contributed by atoms with Gasteiger partial charge in [0.2, 0.25) is 5.95 Å². The molecule has 20 heavy (non-hydrogen) atoms. The fourth-order valence-corrected chi connectivity index (χ4v) is 2.84. The van der Waals surface area contributed by atoms with Gasteiger partial charge in [-0.15, -0.1) is 0 Å². The Morgan fingerprint density at radius 2 is 1.85 bits per heavy atom. The van der Waals surface area contributed by atoms with Crippen LogP contribution in [0, 0.1) is 5.92 Å². The molecule has 0 bridgehead atoms. The van der Waals surface area contributed by atoms with Gasteiger partial charge in [0.05, 0.1) is 0 Å². The number of aromatic nitrogens is 3. The molecule has 1 unspecified atom stereocenters. The maximum absolute atomic E-state index is 5.88. The molecule has 5 heteroatoms. The number of hydrogen-bond acceptors (Lipinski definition) is 5. The molecule has 1 heterocycles. The van der Waals surface area contributed by atoms with E-state index in [-0.39, 0.29) is 6.10 Å². The molecule has 0 aliphatic heterocycles. The Labute approximate surface area is 121 Å². The molecule has 2 rings (SSSR count). The molecule has 1 aromatic heterocycles. The molecule has 0 amide bonds. The van der Waals surface area contributed by atoms with Crippen molar-refractivity contribution in [2.75, 3.05) is 12.3 Å². The van der Waals surface area contributed by atoms with Gasteiger partial charge in [-0.05, 0) is 25.7 Å². The summed E-state index contributed by atoms with van der Waals surface area (Å²) in [4.78, 5) is 13.3. The fraction of sp³-hybridized carbons (Fsp3) is 0.800. The average Bonchev–Trinajstić information content (AvgIpc) is 2.44. The van der Waals surface area contributed by atoms with Gasteiger partial charge in [0.15, 0.2) is 5.82 Å². The molecule has 1 fully saturated rings. The molecule has 5 nitrogen and oxygen atoms in total. The Morgan fingerprint density at radius 3 is 2.45 bits per heavy atom. The van der Waals surface area contributed by atoms with Crippen LogP contribution in [0.4, 0.5) is 5.95 Å². The molecular formula is C15H26N4O. The van der Waals surface area contributed by atoms with Crippen LogP contribution in [-0.4, -0.2) is 21.6 Å². The molecule has 1 aliphatic rings. The Hall–Kier alpha value is -1.23. The molecule has 1 saturated carbocycles. The van der Waals surface area contributed by atoms with E-state index in [0.717, 1.165) is 18.7 Å². The van der Waals surface area contributed by atoms with Crippen LogP contribution < -0.4 is 5.73 Å². The van der Waals surface area contributed by atoms with Gasteiger partial charge in [0, 0.05) is 12.5 Å². The van der Waals surface area contributed by atoms with Crippen LogP contribution in [0.25, 0.3) is 0 Å². The summed E-state index contributed by atoms with van der Waals surface area (Å²) < 4.78 is 5.78. The first-order valence-corrected chi connectivity index (χ1v) is 7.74. The first-order chi connectivity index (χ1) is 9.61. The molecular weight excluding hydrogens is 252 g/mol. The van der Waals surface area contributed by atoms with Gasteiger partial charge in [-0.2, -0.15) is 9.97 Å². The molecule has 0 radical (unpaired) electrons. The molecule has 112 valence electrons. The third-order valence-corrected chi connectivity index (χ3v) is 3.86. The van der Waals surface area contributed by atoms with Crippen molar-refractivity contribution in [3.8, 4) is 0 Å².